The molecule has 0 aliphatic rings. The van der Waals surface area contributed by atoms with Gasteiger partial charge in [-0.05, 0) is 40.3 Å². The highest BCUT2D eigenvalue weighted by atomic mass is 14.1. The molecular weight excluding hydrogens is 300 g/mol. The van der Waals surface area contributed by atoms with Crippen molar-refractivity contribution in [3.05, 3.63) is 133 Å². The lowest BCUT2D eigenvalue weighted by molar-refractivity contribution is 1.51. The number of benzene rings is 2. The van der Waals surface area contributed by atoms with Gasteiger partial charge < -0.3 is 0 Å². The third-order valence-electron chi connectivity index (χ3n) is 4.00. The molecule has 0 heteroatoms. The topological polar surface area (TPSA) is 0 Å². The second-order valence-corrected chi connectivity index (χ2v) is 5.65. The quantitative estimate of drug-likeness (QED) is 0.480. The molecular formula is C25H24. The highest BCUT2D eigenvalue weighted by Crippen LogP contribution is 2.29. The molecule has 0 aliphatic heterocycles. The van der Waals surface area contributed by atoms with Gasteiger partial charge in [0.15, 0.2) is 0 Å². The first kappa shape index (κ1) is 18.2. The van der Waals surface area contributed by atoms with Crippen molar-refractivity contribution in [3.63, 3.8) is 0 Å². The van der Waals surface area contributed by atoms with E-state index in [0.29, 0.717) is 0 Å². The van der Waals surface area contributed by atoms with Gasteiger partial charge in [0.2, 0.25) is 0 Å². The van der Waals surface area contributed by atoms with Crippen molar-refractivity contribution in [2.75, 3.05) is 0 Å². The number of hydrogen-bond acceptors (Lipinski definition) is 0. The van der Waals surface area contributed by atoms with Gasteiger partial charge in [-0.1, -0.05) is 111 Å². The van der Waals surface area contributed by atoms with Crippen molar-refractivity contribution >= 4 is 11.1 Å². The van der Waals surface area contributed by atoms with Crippen molar-refractivity contribution in [1.82, 2.24) is 0 Å². The lowest BCUT2D eigenvalue weighted by atomic mass is 9.91. The van der Waals surface area contributed by atoms with E-state index >= 15 is 0 Å². The van der Waals surface area contributed by atoms with Crippen LogP contribution >= 0.6 is 0 Å². The van der Waals surface area contributed by atoms with Gasteiger partial charge in [0.1, 0.15) is 0 Å². The Kier molecular flexibility index (Phi) is 6.74. The molecule has 0 atom stereocenters. The number of rotatable bonds is 7. The molecule has 0 nitrogen and oxygen atoms in total. The fraction of sp³-hybridized carbons (Fsp3) is 0.0400. The summed E-state index contributed by atoms with van der Waals surface area (Å²) in [6.45, 7) is 13.9. The van der Waals surface area contributed by atoms with Gasteiger partial charge in [0, 0.05) is 0 Å². The first-order chi connectivity index (χ1) is 12.2. The Morgan fingerprint density at radius 1 is 0.760 bits per heavy atom. The van der Waals surface area contributed by atoms with Crippen LogP contribution in [0.4, 0.5) is 0 Å². The highest BCUT2D eigenvalue weighted by Gasteiger charge is 2.08. The summed E-state index contributed by atoms with van der Waals surface area (Å²) < 4.78 is 0. The van der Waals surface area contributed by atoms with Gasteiger partial charge in [-0.25, -0.2) is 0 Å². The van der Waals surface area contributed by atoms with Crippen molar-refractivity contribution < 1.29 is 0 Å². The van der Waals surface area contributed by atoms with Gasteiger partial charge in [-0.15, -0.1) is 0 Å². The molecule has 0 radical (unpaired) electrons. The maximum Gasteiger partial charge on any atom is -0.0103 e. The summed E-state index contributed by atoms with van der Waals surface area (Å²) in [6, 6.07) is 20.7. The zero-order valence-electron chi connectivity index (χ0n) is 14.8. The van der Waals surface area contributed by atoms with Gasteiger partial charge >= 0.3 is 0 Å². The summed E-state index contributed by atoms with van der Waals surface area (Å²) in [7, 11) is 0. The van der Waals surface area contributed by atoms with E-state index in [2.05, 4.69) is 69.1 Å². The van der Waals surface area contributed by atoms with E-state index in [9.17, 15) is 0 Å². The zero-order valence-corrected chi connectivity index (χ0v) is 14.8. The Bertz CT molecular complexity index is 828. The predicted molar refractivity (Wildman–Crippen MR) is 112 cm³/mol. The lowest BCUT2D eigenvalue weighted by Gasteiger charge is -2.13. The van der Waals surface area contributed by atoms with Crippen LogP contribution < -0.4 is 0 Å². The standard InChI is InChI=1S/C25H24/c1-5-14-21(6-2)24(7-3)25(23-17-12-9-13-18-23)19-20(4)22-15-10-8-11-16-22/h5-19H,1-3H2,4H3/b20-19+,21-14+,25-24-. The van der Waals surface area contributed by atoms with Crippen molar-refractivity contribution in [2.45, 2.75) is 6.92 Å². The predicted octanol–water partition coefficient (Wildman–Crippen LogP) is 7.03. The molecule has 25 heavy (non-hydrogen) atoms. The van der Waals surface area contributed by atoms with Crippen LogP contribution in [0, 0.1) is 0 Å². The van der Waals surface area contributed by atoms with Crippen LogP contribution in [0.15, 0.2) is 122 Å². The maximum atomic E-state index is 4.03. The molecule has 0 unspecified atom stereocenters. The molecule has 2 aromatic carbocycles. The second kappa shape index (κ2) is 9.24. The normalized spacial score (nSPS) is 13.0. The van der Waals surface area contributed by atoms with Crippen molar-refractivity contribution in [3.8, 4) is 0 Å². The molecule has 0 aromatic heterocycles. The summed E-state index contributed by atoms with van der Waals surface area (Å²) in [4.78, 5) is 0. The average molecular weight is 324 g/mol. The molecule has 2 rings (SSSR count). The number of hydrogen-bond donors (Lipinski definition) is 0. The van der Waals surface area contributed by atoms with Crippen LogP contribution in [0.3, 0.4) is 0 Å². The highest BCUT2D eigenvalue weighted by molar-refractivity contribution is 5.88. The van der Waals surface area contributed by atoms with Crippen LogP contribution in [0.1, 0.15) is 18.1 Å². The smallest absolute Gasteiger partial charge is 0.0103 e. The fourth-order valence-electron chi connectivity index (χ4n) is 2.71. The monoisotopic (exact) mass is 324 g/mol. The summed E-state index contributed by atoms with van der Waals surface area (Å²) in [5.41, 5.74) is 6.69. The van der Waals surface area contributed by atoms with Crippen LogP contribution in [0.2, 0.25) is 0 Å². The molecule has 0 saturated carbocycles. The minimum Gasteiger partial charge on any atom is -0.0990 e. The van der Waals surface area contributed by atoms with E-state index in [1.807, 2.05) is 42.5 Å². The third kappa shape index (κ3) is 4.68. The summed E-state index contributed by atoms with van der Waals surface area (Å²) in [5, 5.41) is 0. The molecule has 0 heterocycles. The Morgan fingerprint density at radius 2 is 1.32 bits per heavy atom. The third-order valence-corrected chi connectivity index (χ3v) is 4.00. The van der Waals surface area contributed by atoms with E-state index in [0.717, 1.165) is 22.3 Å². The first-order valence-corrected chi connectivity index (χ1v) is 8.32. The summed E-state index contributed by atoms with van der Waals surface area (Å²) >= 11 is 0. The summed E-state index contributed by atoms with van der Waals surface area (Å²) in [6.07, 6.45) is 9.67. The molecule has 0 saturated heterocycles. The van der Waals surface area contributed by atoms with E-state index in [-0.39, 0.29) is 0 Å². The fourth-order valence-corrected chi connectivity index (χ4v) is 2.71. The molecule has 0 N–H and O–H groups in total. The second-order valence-electron chi connectivity index (χ2n) is 5.65. The minimum absolute atomic E-state index is 1.00. The molecule has 0 fully saturated rings. The van der Waals surface area contributed by atoms with E-state index in [4.69, 9.17) is 0 Å². The minimum atomic E-state index is 1.00. The Balaban J connectivity index is 2.71. The molecule has 0 aliphatic carbocycles. The van der Waals surface area contributed by atoms with Crippen molar-refractivity contribution in [1.29, 1.82) is 0 Å². The average Bonchev–Trinajstić information content (AvgIpc) is 2.68. The first-order valence-electron chi connectivity index (χ1n) is 8.32. The molecule has 0 spiro atoms. The van der Waals surface area contributed by atoms with Gasteiger partial charge in [-0.2, -0.15) is 0 Å². The van der Waals surface area contributed by atoms with Gasteiger partial charge in [0.05, 0.1) is 0 Å². The van der Waals surface area contributed by atoms with Gasteiger partial charge in [0.25, 0.3) is 0 Å². The molecule has 2 aromatic rings. The van der Waals surface area contributed by atoms with E-state index in [1.165, 1.54) is 11.1 Å². The SMILES string of the molecule is C=C/C=C(C=C)/C(C=C)=C(/C=C(\C)c1ccccc1)c1ccccc1. The maximum absolute atomic E-state index is 4.03. The van der Waals surface area contributed by atoms with Gasteiger partial charge in [-0.3, -0.25) is 0 Å². The van der Waals surface area contributed by atoms with E-state index < -0.39 is 0 Å². The zero-order chi connectivity index (χ0) is 18.1. The molecule has 0 amide bonds. The Labute approximate surface area is 151 Å². The number of allylic oxidation sites excluding steroid dienone is 9. The van der Waals surface area contributed by atoms with Crippen LogP contribution in [0.5, 0.6) is 0 Å². The summed E-state index contributed by atoms with van der Waals surface area (Å²) in [5.74, 6) is 0. The van der Waals surface area contributed by atoms with Crippen LogP contribution in [-0.2, 0) is 0 Å². The van der Waals surface area contributed by atoms with Crippen molar-refractivity contribution in [2.24, 2.45) is 0 Å². The lowest BCUT2D eigenvalue weighted by Crippen LogP contribution is -1.92. The van der Waals surface area contributed by atoms with Crippen LogP contribution in [0.25, 0.3) is 11.1 Å². The molecule has 0 bridgehead atoms. The van der Waals surface area contributed by atoms with E-state index in [1.54, 1.807) is 6.08 Å². The largest absolute Gasteiger partial charge is 0.0990 e. The Hall–Kier alpha value is -3.12. The Morgan fingerprint density at radius 3 is 1.80 bits per heavy atom. The molecule has 124 valence electrons. The van der Waals surface area contributed by atoms with Crippen LogP contribution in [-0.4, -0.2) is 0 Å².